The number of nitrogens with zero attached hydrogens (tertiary/aromatic N) is 1. The lowest BCUT2D eigenvalue weighted by Gasteiger charge is -2.24. The Balaban J connectivity index is 1.56. The highest BCUT2D eigenvalue weighted by Crippen LogP contribution is 2.33. The minimum absolute atomic E-state index is 0.0785. The van der Waals surface area contributed by atoms with Crippen molar-refractivity contribution < 1.29 is 17.9 Å². The minimum atomic E-state index is -3.96. The number of aromatic nitrogens is 1. The van der Waals surface area contributed by atoms with Gasteiger partial charge in [-0.2, -0.15) is 4.31 Å². The smallest absolute Gasteiger partial charge is 0.252 e. The van der Waals surface area contributed by atoms with Gasteiger partial charge in [-0.25, -0.2) is 8.42 Å². The third-order valence-corrected chi connectivity index (χ3v) is 7.56. The second-order valence-corrected chi connectivity index (χ2v) is 10.2. The Kier molecular flexibility index (Phi) is 5.85. The first-order chi connectivity index (χ1) is 16.4. The second kappa shape index (κ2) is 8.96. The molecule has 1 aliphatic rings. The molecule has 0 spiro atoms. The van der Waals surface area contributed by atoms with Crippen LogP contribution in [0.1, 0.15) is 16.7 Å². The fourth-order valence-corrected chi connectivity index (χ4v) is 5.45. The second-order valence-electron chi connectivity index (χ2n) is 8.28. The lowest BCUT2D eigenvalue weighted by Crippen LogP contribution is -2.32. The maximum Gasteiger partial charge on any atom is 0.252 e. The number of benzene rings is 3. The van der Waals surface area contributed by atoms with Crippen molar-refractivity contribution in [3.63, 3.8) is 0 Å². The monoisotopic (exact) mass is 476 g/mol. The molecular formula is C26H24N2O5S. The van der Waals surface area contributed by atoms with Crippen molar-refractivity contribution in [2.75, 3.05) is 13.2 Å². The Morgan fingerprint density at radius 1 is 0.882 bits per heavy atom. The van der Waals surface area contributed by atoms with Crippen LogP contribution >= 0.6 is 0 Å². The summed E-state index contributed by atoms with van der Waals surface area (Å²) in [6.07, 6.45) is 0. The number of H-pyrrole nitrogens is 1. The number of pyridine rings is 1. The summed E-state index contributed by atoms with van der Waals surface area (Å²) < 4.78 is 40.0. The highest BCUT2D eigenvalue weighted by Gasteiger charge is 2.28. The van der Waals surface area contributed by atoms with Crippen LogP contribution in [0, 0.1) is 6.92 Å². The van der Waals surface area contributed by atoms with Gasteiger partial charge in [0.05, 0.1) is 4.90 Å². The third-order valence-electron chi connectivity index (χ3n) is 5.78. The molecule has 0 bridgehead atoms. The molecule has 1 aliphatic heterocycles. The van der Waals surface area contributed by atoms with Crippen LogP contribution in [0.2, 0.25) is 0 Å². The van der Waals surface area contributed by atoms with Crippen LogP contribution in [0.25, 0.3) is 10.9 Å². The van der Waals surface area contributed by atoms with Crippen molar-refractivity contribution in [2.24, 2.45) is 0 Å². The lowest BCUT2D eigenvalue weighted by molar-refractivity contribution is 0.171. The summed E-state index contributed by atoms with van der Waals surface area (Å²) in [7, 11) is -3.96. The van der Waals surface area contributed by atoms with Crippen molar-refractivity contribution in [1.29, 1.82) is 0 Å². The molecule has 174 valence electrons. The first kappa shape index (κ1) is 22.2. The van der Waals surface area contributed by atoms with Gasteiger partial charge >= 0.3 is 0 Å². The molecule has 0 unspecified atom stereocenters. The van der Waals surface area contributed by atoms with Crippen LogP contribution in [-0.4, -0.2) is 30.9 Å². The highest BCUT2D eigenvalue weighted by molar-refractivity contribution is 7.89. The lowest BCUT2D eigenvalue weighted by atomic mass is 10.1. The van der Waals surface area contributed by atoms with Crippen LogP contribution in [0.5, 0.6) is 11.5 Å². The first-order valence-electron chi connectivity index (χ1n) is 11.0. The van der Waals surface area contributed by atoms with E-state index in [2.05, 4.69) is 4.98 Å². The average molecular weight is 477 g/mol. The predicted octanol–water partition coefficient (Wildman–Crippen LogP) is 4.00. The van der Waals surface area contributed by atoms with Gasteiger partial charge in [-0.1, -0.05) is 42.0 Å². The first-order valence-corrected chi connectivity index (χ1v) is 12.4. The molecule has 0 atom stereocenters. The number of ether oxygens (including phenoxy) is 2. The van der Waals surface area contributed by atoms with Gasteiger partial charge in [-0.3, -0.25) is 4.79 Å². The molecule has 8 heteroatoms. The van der Waals surface area contributed by atoms with Gasteiger partial charge in [-0.05, 0) is 48.2 Å². The standard InChI is InChI=1S/C26H24N2O5S/c1-18-7-9-23-20(13-18)14-21(26(29)27-23)17-28(16-19-5-3-2-4-6-19)34(30,31)22-8-10-24-25(15-22)33-12-11-32-24/h2-10,13-15H,11-12,16-17H2,1H3,(H,27,29). The van der Waals surface area contributed by atoms with Gasteiger partial charge in [-0.15, -0.1) is 0 Å². The predicted molar refractivity (Wildman–Crippen MR) is 130 cm³/mol. The molecule has 0 amide bonds. The van der Waals surface area contributed by atoms with Gasteiger partial charge in [0.2, 0.25) is 10.0 Å². The fourth-order valence-electron chi connectivity index (χ4n) is 4.02. The summed E-state index contributed by atoms with van der Waals surface area (Å²) in [5, 5.41) is 0.853. The van der Waals surface area contributed by atoms with Crippen molar-refractivity contribution in [1.82, 2.24) is 9.29 Å². The normalized spacial score (nSPS) is 13.4. The zero-order valence-corrected chi connectivity index (χ0v) is 19.5. The third kappa shape index (κ3) is 4.42. The number of hydrogen-bond acceptors (Lipinski definition) is 5. The van der Waals surface area contributed by atoms with Crippen LogP contribution in [0.15, 0.2) is 82.5 Å². The molecule has 1 N–H and O–H groups in total. The molecule has 0 aliphatic carbocycles. The summed E-state index contributed by atoms with van der Waals surface area (Å²) >= 11 is 0. The number of sulfonamides is 1. The van der Waals surface area contributed by atoms with Gasteiger partial charge in [0.15, 0.2) is 11.5 Å². The molecule has 0 radical (unpaired) electrons. The minimum Gasteiger partial charge on any atom is -0.486 e. The average Bonchev–Trinajstić information content (AvgIpc) is 2.84. The maximum atomic E-state index is 13.8. The van der Waals surface area contributed by atoms with E-state index in [0.29, 0.717) is 35.8 Å². The number of nitrogens with one attached hydrogen (secondary N) is 1. The Hall–Kier alpha value is -3.62. The largest absolute Gasteiger partial charge is 0.486 e. The zero-order chi connectivity index (χ0) is 23.7. The molecule has 0 fully saturated rings. The van der Waals surface area contributed by atoms with Crippen molar-refractivity contribution >= 4 is 20.9 Å². The Morgan fingerprint density at radius 3 is 2.44 bits per heavy atom. The molecule has 3 aromatic carbocycles. The molecule has 5 rings (SSSR count). The van der Waals surface area contributed by atoms with Crippen LogP contribution in [0.3, 0.4) is 0 Å². The number of aryl methyl sites for hydroxylation is 1. The fraction of sp³-hybridized carbons (Fsp3) is 0.192. The van der Waals surface area contributed by atoms with Gasteiger partial charge in [0.25, 0.3) is 5.56 Å². The zero-order valence-electron chi connectivity index (χ0n) is 18.7. The summed E-state index contributed by atoms with van der Waals surface area (Å²) in [5.41, 5.74) is 2.64. The molecular weight excluding hydrogens is 452 g/mol. The SMILES string of the molecule is Cc1ccc2[nH]c(=O)c(CN(Cc3ccccc3)S(=O)(=O)c3ccc4c(c3)OCCO4)cc2c1. The molecule has 4 aromatic rings. The van der Waals surface area contributed by atoms with Crippen molar-refractivity contribution in [2.45, 2.75) is 24.9 Å². The van der Waals surface area contributed by atoms with E-state index in [0.717, 1.165) is 16.5 Å². The number of fused-ring (bicyclic) bond motifs is 2. The van der Waals surface area contributed by atoms with E-state index in [1.165, 1.54) is 16.4 Å². The summed E-state index contributed by atoms with van der Waals surface area (Å²) in [4.78, 5) is 15.8. The van der Waals surface area contributed by atoms with E-state index in [9.17, 15) is 13.2 Å². The van der Waals surface area contributed by atoms with E-state index in [-0.39, 0.29) is 23.5 Å². The Bertz CT molecular complexity index is 1510. The highest BCUT2D eigenvalue weighted by atomic mass is 32.2. The quantitative estimate of drug-likeness (QED) is 0.454. The maximum absolute atomic E-state index is 13.8. The van der Waals surface area contributed by atoms with Gasteiger partial charge in [0, 0.05) is 30.2 Å². The Labute approximate surface area is 197 Å². The van der Waals surface area contributed by atoms with E-state index < -0.39 is 10.0 Å². The van der Waals surface area contributed by atoms with E-state index in [1.54, 1.807) is 12.1 Å². The number of aromatic amines is 1. The molecule has 2 heterocycles. The number of hydrogen-bond donors (Lipinski definition) is 1. The topological polar surface area (TPSA) is 88.7 Å². The van der Waals surface area contributed by atoms with Crippen LogP contribution < -0.4 is 15.0 Å². The van der Waals surface area contributed by atoms with E-state index >= 15 is 0 Å². The molecule has 34 heavy (non-hydrogen) atoms. The number of rotatable bonds is 6. The molecule has 0 saturated carbocycles. The summed E-state index contributed by atoms with van der Waals surface area (Å²) in [6.45, 7) is 2.78. The molecule has 1 aromatic heterocycles. The molecule has 0 saturated heterocycles. The van der Waals surface area contributed by atoms with Crippen molar-refractivity contribution in [3.05, 3.63) is 99.8 Å². The van der Waals surface area contributed by atoms with Crippen molar-refractivity contribution in [3.8, 4) is 11.5 Å². The summed E-state index contributed by atoms with van der Waals surface area (Å²) in [6, 6.07) is 21.4. The van der Waals surface area contributed by atoms with Crippen LogP contribution in [-0.2, 0) is 23.1 Å². The van der Waals surface area contributed by atoms with Gasteiger partial charge < -0.3 is 14.5 Å². The van der Waals surface area contributed by atoms with E-state index in [4.69, 9.17) is 9.47 Å². The Morgan fingerprint density at radius 2 is 1.65 bits per heavy atom. The van der Waals surface area contributed by atoms with Gasteiger partial charge in [0.1, 0.15) is 13.2 Å². The molecule has 7 nitrogen and oxygen atoms in total. The van der Waals surface area contributed by atoms with E-state index in [1.807, 2.05) is 55.5 Å². The van der Waals surface area contributed by atoms with Crippen LogP contribution in [0.4, 0.5) is 0 Å². The summed E-state index contributed by atoms with van der Waals surface area (Å²) in [5.74, 6) is 0.909.